The average Bonchev–Trinajstić information content (AvgIpc) is 2.90. The van der Waals surface area contributed by atoms with Gasteiger partial charge in [0.25, 0.3) is 0 Å². The third-order valence-electron chi connectivity index (χ3n) is 2.93. The molecule has 1 aromatic carbocycles. The maximum absolute atomic E-state index is 11.9. The van der Waals surface area contributed by atoms with E-state index < -0.39 is 0 Å². The lowest BCUT2D eigenvalue weighted by Gasteiger charge is -2.13. The van der Waals surface area contributed by atoms with Crippen molar-refractivity contribution in [3.05, 3.63) is 29.3 Å². The molecule has 0 aliphatic carbocycles. The number of benzene rings is 1. The van der Waals surface area contributed by atoms with Gasteiger partial charge in [0.05, 0.1) is 6.04 Å². The molecule has 0 radical (unpaired) electrons. The zero-order chi connectivity index (χ0) is 13.0. The van der Waals surface area contributed by atoms with Crippen molar-refractivity contribution in [2.75, 3.05) is 17.9 Å². The fourth-order valence-corrected chi connectivity index (χ4v) is 3.51. The second-order valence-electron chi connectivity index (χ2n) is 4.30. The quantitative estimate of drug-likeness (QED) is 0.837. The van der Waals surface area contributed by atoms with Crippen molar-refractivity contribution in [1.82, 2.24) is 10.6 Å². The number of hydrogen-bond acceptors (Lipinski definition) is 4. The number of amides is 1. The molecule has 1 aliphatic rings. The number of rotatable bonds is 4. The number of nitrogens with one attached hydrogen (secondary N) is 2. The fraction of sp³-hybridized carbons (Fsp3) is 0.462. The standard InChI is InChI=1S/C13H18N2OS2.ClH/c1-9-3-4-10(12(5-9)17-2)6-14-13(16)11-7-18-8-15-11;/h3-5,11,15H,6-8H2,1-2H3,(H,14,16);1H. The molecule has 0 bridgehead atoms. The fourth-order valence-electron chi connectivity index (χ4n) is 1.87. The van der Waals surface area contributed by atoms with Crippen LogP contribution < -0.4 is 10.6 Å². The van der Waals surface area contributed by atoms with Gasteiger partial charge in [0.15, 0.2) is 0 Å². The van der Waals surface area contributed by atoms with Gasteiger partial charge in [-0.1, -0.05) is 12.1 Å². The van der Waals surface area contributed by atoms with E-state index in [1.165, 1.54) is 16.0 Å². The first-order valence-corrected chi connectivity index (χ1v) is 8.31. The Kier molecular flexibility index (Phi) is 7.07. The van der Waals surface area contributed by atoms with Crippen molar-refractivity contribution in [3.8, 4) is 0 Å². The van der Waals surface area contributed by atoms with E-state index in [0.717, 1.165) is 11.6 Å². The Morgan fingerprint density at radius 3 is 3.00 bits per heavy atom. The summed E-state index contributed by atoms with van der Waals surface area (Å²) in [5.74, 6) is 1.85. The van der Waals surface area contributed by atoms with E-state index >= 15 is 0 Å². The smallest absolute Gasteiger partial charge is 0.238 e. The van der Waals surface area contributed by atoms with Gasteiger partial charge in [-0.2, -0.15) is 0 Å². The van der Waals surface area contributed by atoms with E-state index in [0.29, 0.717) is 6.54 Å². The van der Waals surface area contributed by atoms with E-state index in [4.69, 9.17) is 0 Å². The summed E-state index contributed by atoms with van der Waals surface area (Å²) in [5, 5.41) is 6.18. The molecule has 1 aromatic rings. The van der Waals surface area contributed by atoms with Crippen LogP contribution in [0.25, 0.3) is 0 Å². The van der Waals surface area contributed by atoms with Crippen LogP contribution in [0.5, 0.6) is 0 Å². The first-order valence-electron chi connectivity index (χ1n) is 5.93. The molecule has 6 heteroatoms. The van der Waals surface area contributed by atoms with Crippen LogP contribution in [0.3, 0.4) is 0 Å². The van der Waals surface area contributed by atoms with E-state index in [-0.39, 0.29) is 24.4 Å². The van der Waals surface area contributed by atoms with Gasteiger partial charge in [-0.25, -0.2) is 0 Å². The van der Waals surface area contributed by atoms with Crippen molar-refractivity contribution in [2.24, 2.45) is 0 Å². The van der Waals surface area contributed by atoms with Crippen molar-refractivity contribution in [1.29, 1.82) is 0 Å². The Balaban J connectivity index is 0.00000180. The maximum atomic E-state index is 11.9. The third-order valence-corrected chi connectivity index (χ3v) is 4.69. The second-order valence-corrected chi connectivity index (χ2v) is 6.18. The molecule has 2 N–H and O–H groups in total. The van der Waals surface area contributed by atoms with Crippen LogP contribution in [0.1, 0.15) is 11.1 Å². The summed E-state index contributed by atoms with van der Waals surface area (Å²) in [7, 11) is 0. The van der Waals surface area contributed by atoms with E-state index in [1.807, 2.05) is 0 Å². The predicted molar refractivity (Wildman–Crippen MR) is 86.3 cm³/mol. The van der Waals surface area contributed by atoms with Crippen molar-refractivity contribution >= 4 is 41.8 Å². The van der Waals surface area contributed by atoms with Gasteiger partial charge in [-0.15, -0.1) is 35.9 Å². The topological polar surface area (TPSA) is 41.1 Å². The molecule has 1 atom stereocenters. The summed E-state index contributed by atoms with van der Waals surface area (Å²) in [4.78, 5) is 13.1. The molecular weight excluding hydrogens is 300 g/mol. The van der Waals surface area contributed by atoms with Crippen molar-refractivity contribution < 1.29 is 4.79 Å². The lowest BCUT2D eigenvalue weighted by molar-refractivity contribution is -0.122. The molecule has 1 heterocycles. The Hall–Kier alpha value is -0.360. The highest BCUT2D eigenvalue weighted by Crippen LogP contribution is 2.21. The summed E-state index contributed by atoms with van der Waals surface area (Å²) in [5.41, 5.74) is 2.44. The molecule has 3 nitrogen and oxygen atoms in total. The molecule has 1 amide bonds. The number of aryl methyl sites for hydroxylation is 1. The molecular formula is C13H19ClN2OS2. The lowest BCUT2D eigenvalue weighted by atomic mass is 10.1. The highest BCUT2D eigenvalue weighted by atomic mass is 35.5. The largest absolute Gasteiger partial charge is 0.351 e. The van der Waals surface area contributed by atoms with Crippen molar-refractivity contribution in [2.45, 2.75) is 24.4 Å². The van der Waals surface area contributed by atoms with Gasteiger partial charge in [-0.3, -0.25) is 10.1 Å². The van der Waals surface area contributed by atoms with Gasteiger partial charge in [0, 0.05) is 23.1 Å². The summed E-state index contributed by atoms with van der Waals surface area (Å²) >= 11 is 3.49. The van der Waals surface area contributed by atoms with Gasteiger partial charge >= 0.3 is 0 Å². The third kappa shape index (κ3) is 4.60. The lowest BCUT2D eigenvalue weighted by Crippen LogP contribution is -2.41. The molecule has 19 heavy (non-hydrogen) atoms. The number of thioether (sulfide) groups is 2. The Morgan fingerprint density at radius 2 is 2.37 bits per heavy atom. The van der Waals surface area contributed by atoms with Crippen LogP contribution in [0.2, 0.25) is 0 Å². The highest BCUT2D eigenvalue weighted by molar-refractivity contribution is 7.99. The Morgan fingerprint density at radius 1 is 1.58 bits per heavy atom. The molecule has 0 spiro atoms. The van der Waals surface area contributed by atoms with Crippen LogP contribution in [0, 0.1) is 6.92 Å². The summed E-state index contributed by atoms with van der Waals surface area (Å²) < 4.78 is 0. The van der Waals surface area contributed by atoms with Crippen molar-refractivity contribution in [3.63, 3.8) is 0 Å². The van der Waals surface area contributed by atoms with Crippen LogP contribution >= 0.6 is 35.9 Å². The van der Waals surface area contributed by atoms with Gasteiger partial charge in [0.2, 0.25) is 5.91 Å². The van der Waals surface area contributed by atoms with Gasteiger partial charge in [0.1, 0.15) is 0 Å². The minimum Gasteiger partial charge on any atom is -0.351 e. The summed E-state index contributed by atoms with van der Waals surface area (Å²) in [6, 6.07) is 6.32. The highest BCUT2D eigenvalue weighted by Gasteiger charge is 2.22. The molecule has 1 aliphatic heterocycles. The average molecular weight is 319 g/mol. The Labute approximate surface area is 129 Å². The first-order chi connectivity index (χ1) is 8.70. The molecule has 0 saturated carbocycles. The minimum atomic E-state index is -0.0295. The molecule has 0 aromatic heterocycles. The number of carbonyl (C=O) groups excluding carboxylic acids is 1. The molecule has 106 valence electrons. The number of hydrogen-bond donors (Lipinski definition) is 2. The van der Waals surface area contributed by atoms with Crippen LogP contribution in [-0.4, -0.2) is 29.8 Å². The molecule has 1 fully saturated rings. The predicted octanol–water partition coefficient (Wildman–Crippen LogP) is 2.42. The van der Waals surface area contributed by atoms with Gasteiger partial charge in [-0.05, 0) is 30.4 Å². The minimum absolute atomic E-state index is 0. The van der Waals surface area contributed by atoms with Crippen LogP contribution in [0.15, 0.2) is 23.1 Å². The van der Waals surface area contributed by atoms with E-state index in [1.54, 1.807) is 23.5 Å². The first kappa shape index (κ1) is 16.7. The molecule has 1 unspecified atom stereocenters. The number of carbonyl (C=O) groups is 1. The zero-order valence-corrected chi connectivity index (χ0v) is 13.5. The van der Waals surface area contributed by atoms with E-state index in [2.05, 4.69) is 42.0 Å². The van der Waals surface area contributed by atoms with Crippen LogP contribution in [-0.2, 0) is 11.3 Å². The maximum Gasteiger partial charge on any atom is 0.238 e. The molecule has 1 saturated heterocycles. The summed E-state index contributed by atoms with van der Waals surface area (Å²) in [6.45, 7) is 2.69. The van der Waals surface area contributed by atoms with Gasteiger partial charge < -0.3 is 5.32 Å². The van der Waals surface area contributed by atoms with Crippen LogP contribution in [0.4, 0.5) is 0 Å². The molecule has 2 rings (SSSR count). The summed E-state index contributed by atoms with van der Waals surface area (Å²) in [6.07, 6.45) is 2.06. The Bertz CT molecular complexity index is 437. The van der Waals surface area contributed by atoms with E-state index in [9.17, 15) is 4.79 Å². The monoisotopic (exact) mass is 318 g/mol. The second kappa shape index (κ2) is 8.04. The number of halogens is 1. The SMILES string of the molecule is CSc1cc(C)ccc1CNC(=O)C1CSCN1.Cl. The normalized spacial score (nSPS) is 17.9. The zero-order valence-electron chi connectivity index (χ0n) is 11.1.